The molecule has 21 heavy (non-hydrogen) atoms. The van der Waals surface area contributed by atoms with Crippen LogP contribution in [0.15, 0.2) is 11.2 Å². The van der Waals surface area contributed by atoms with E-state index in [1.807, 2.05) is 6.92 Å². The first-order valence-electron chi connectivity index (χ1n) is 6.75. The van der Waals surface area contributed by atoms with Crippen molar-refractivity contribution >= 4 is 5.84 Å². The second kappa shape index (κ2) is 9.15. The van der Waals surface area contributed by atoms with E-state index in [1.165, 1.54) is 0 Å². The van der Waals surface area contributed by atoms with Crippen molar-refractivity contribution in [2.45, 2.75) is 20.3 Å². The zero-order valence-corrected chi connectivity index (χ0v) is 12.8. The maximum atomic E-state index is 8.84. The minimum atomic E-state index is -0.0176. The first-order chi connectivity index (χ1) is 10.1. The Morgan fingerprint density at radius 3 is 2.71 bits per heavy atom. The predicted molar refractivity (Wildman–Crippen MR) is 79.0 cm³/mol. The number of methoxy groups -OCH3 is 1. The molecule has 0 aromatic carbocycles. The van der Waals surface area contributed by atoms with E-state index in [2.05, 4.69) is 10.1 Å². The number of oxime groups is 1. The molecule has 0 fully saturated rings. The first kappa shape index (κ1) is 17.2. The maximum Gasteiger partial charge on any atom is 0.175 e. The highest BCUT2D eigenvalue weighted by Crippen LogP contribution is 2.22. The lowest BCUT2D eigenvalue weighted by Gasteiger charge is -2.13. The van der Waals surface area contributed by atoms with E-state index in [1.54, 1.807) is 20.1 Å². The topological polar surface area (TPSA) is 99.2 Å². The van der Waals surface area contributed by atoms with E-state index < -0.39 is 0 Å². The van der Waals surface area contributed by atoms with Crippen LogP contribution in [0, 0.1) is 13.8 Å². The Morgan fingerprint density at radius 1 is 1.29 bits per heavy atom. The standard InChI is InChI=1S/C14H23N3O4/c1-10-9-12(13(11(2)16-10)14(15)17-18)21-8-7-20-6-4-5-19-3/h9,18H,4-8H2,1-3H3,(H2,15,17). The van der Waals surface area contributed by atoms with Crippen LogP contribution >= 0.6 is 0 Å². The van der Waals surface area contributed by atoms with Gasteiger partial charge in [0.05, 0.1) is 17.9 Å². The maximum absolute atomic E-state index is 8.84. The molecule has 1 aromatic rings. The Hall–Kier alpha value is -1.86. The fourth-order valence-electron chi connectivity index (χ4n) is 1.89. The van der Waals surface area contributed by atoms with Crippen molar-refractivity contribution in [3.63, 3.8) is 0 Å². The molecule has 7 nitrogen and oxygen atoms in total. The molecular weight excluding hydrogens is 274 g/mol. The summed E-state index contributed by atoms with van der Waals surface area (Å²) in [5.74, 6) is 0.520. The minimum absolute atomic E-state index is 0.0176. The fraction of sp³-hybridized carbons (Fsp3) is 0.571. The van der Waals surface area contributed by atoms with Gasteiger partial charge in [0.25, 0.3) is 0 Å². The summed E-state index contributed by atoms with van der Waals surface area (Å²) >= 11 is 0. The molecule has 0 amide bonds. The zero-order valence-electron chi connectivity index (χ0n) is 12.8. The monoisotopic (exact) mass is 297 g/mol. The van der Waals surface area contributed by atoms with Gasteiger partial charge in [-0.2, -0.15) is 0 Å². The SMILES string of the molecule is COCCCOCCOc1cc(C)nc(C)c1/C(N)=N/O. The van der Waals surface area contributed by atoms with Crippen molar-refractivity contribution in [2.24, 2.45) is 10.9 Å². The highest BCUT2D eigenvalue weighted by molar-refractivity contribution is 6.00. The predicted octanol–water partition coefficient (Wildman–Crippen LogP) is 1.22. The van der Waals surface area contributed by atoms with Crippen LogP contribution in [-0.2, 0) is 9.47 Å². The summed E-state index contributed by atoms with van der Waals surface area (Å²) in [5.41, 5.74) is 7.63. The lowest BCUT2D eigenvalue weighted by Crippen LogP contribution is -2.19. The lowest BCUT2D eigenvalue weighted by molar-refractivity contribution is 0.0805. The molecule has 1 heterocycles. The number of ether oxygens (including phenoxy) is 3. The van der Waals surface area contributed by atoms with Crippen molar-refractivity contribution in [3.05, 3.63) is 23.0 Å². The van der Waals surface area contributed by atoms with Crippen LogP contribution < -0.4 is 10.5 Å². The van der Waals surface area contributed by atoms with Crippen molar-refractivity contribution in [2.75, 3.05) is 33.5 Å². The van der Waals surface area contributed by atoms with Gasteiger partial charge in [0.15, 0.2) is 5.84 Å². The third kappa shape index (κ3) is 5.57. The molecule has 0 atom stereocenters. The van der Waals surface area contributed by atoms with E-state index in [4.69, 9.17) is 25.2 Å². The second-order valence-electron chi connectivity index (χ2n) is 4.51. The smallest absolute Gasteiger partial charge is 0.175 e. The molecule has 7 heteroatoms. The normalized spacial score (nSPS) is 11.7. The number of amidine groups is 1. The molecule has 1 rings (SSSR count). The number of nitrogens with zero attached hydrogens (tertiary/aromatic N) is 2. The molecule has 0 spiro atoms. The van der Waals surface area contributed by atoms with Gasteiger partial charge in [-0.05, 0) is 20.3 Å². The first-order valence-corrected chi connectivity index (χ1v) is 6.75. The van der Waals surface area contributed by atoms with Crippen molar-refractivity contribution < 1.29 is 19.4 Å². The highest BCUT2D eigenvalue weighted by Gasteiger charge is 2.14. The quantitative estimate of drug-likeness (QED) is 0.234. The van der Waals surface area contributed by atoms with Gasteiger partial charge in [0.1, 0.15) is 12.4 Å². The number of aromatic nitrogens is 1. The summed E-state index contributed by atoms with van der Waals surface area (Å²) in [7, 11) is 1.66. The minimum Gasteiger partial charge on any atom is -0.490 e. The second-order valence-corrected chi connectivity index (χ2v) is 4.51. The summed E-state index contributed by atoms with van der Waals surface area (Å²) < 4.78 is 16.0. The van der Waals surface area contributed by atoms with Gasteiger partial charge in [0, 0.05) is 32.1 Å². The largest absolute Gasteiger partial charge is 0.490 e. The molecule has 3 N–H and O–H groups in total. The average molecular weight is 297 g/mol. The summed E-state index contributed by atoms with van der Waals surface area (Å²) in [6.07, 6.45) is 0.847. The molecule has 1 aromatic heterocycles. The summed E-state index contributed by atoms with van der Waals surface area (Å²) in [5, 5.41) is 11.9. The van der Waals surface area contributed by atoms with E-state index >= 15 is 0 Å². The number of pyridine rings is 1. The molecule has 0 radical (unpaired) electrons. The highest BCUT2D eigenvalue weighted by atomic mass is 16.5. The Labute approximate surface area is 124 Å². The van der Waals surface area contributed by atoms with Gasteiger partial charge in [-0.25, -0.2) is 0 Å². The Bertz CT molecular complexity index is 478. The molecule has 0 aliphatic rings. The molecular formula is C14H23N3O4. The summed E-state index contributed by atoms with van der Waals surface area (Å²) in [6.45, 7) is 5.78. The van der Waals surface area contributed by atoms with Crippen LogP contribution in [0.3, 0.4) is 0 Å². The van der Waals surface area contributed by atoms with E-state index in [0.717, 1.165) is 12.1 Å². The van der Waals surface area contributed by atoms with Crippen LogP contribution in [0.25, 0.3) is 0 Å². The summed E-state index contributed by atoms with van der Waals surface area (Å²) in [6, 6.07) is 1.76. The van der Waals surface area contributed by atoms with Crippen LogP contribution in [0.4, 0.5) is 0 Å². The van der Waals surface area contributed by atoms with Crippen molar-refractivity contribution in [1.29, 1.82) is 0 Å². The van der Waals surface area contributed by atoms with Crippen LogP contribution in [0.5, 0.6) is 5.75 Å². The molecule has 0 saturated carbocycles. The Kier molecular flexibility index (Phi) is 7.49. The van der Waals surface area contributed by atoms with Crippen LogP contribution in [-0.4, -0.2) is 49.6 Å². The van der Waals surface area contributed by atoms with Gasteiger partial charge in [-0.15, -0.1) is 0 Å². The Balaban J connectivity index is 2.58. The number of nitrogens with two attached hydrogens (primary N) is 1. The number of rotatable bonds is 9. The summed E-state index contributed by atoms with van der Waals surface area (Å²) in [4.78, 5) is 4.28. The van der Waals surface area contributed by atoms with Gasteiger partial charge in [-0.1, -0.05) is 5.16 Å². The van der Waals surface area contributed by atoms with E-state index in [-0.39, 0.29) is 5.84 Å². The van der Waals surface area contributed by atoms with Gasteiger partial charge < -0.3 is 25.2 Å². The van der Waals surface area contributed by atoms with Crippen LogP contribution in [0.1, 0.15) is 23.4 Å². The van der Waals surface area contributed by atoms with E-state index in [9.17, 15) is 0 Å². The molecule has 0 aliphatic heterocycles. The van der Waals surface area contributed by atoms with Gasteiger partial charge in [-0.3, -0.25) is 4.98 Å². The third-order valence-corrected chi connectivity index (χ3v) is 2.78. The van der Waals surface area contributed by atoms with Crippen molar-refractivity contribution in [3.8, 4) is 5.75 Å². The average Bonchev–Trinajstić information content (AvgIpc) is 2.45. The lowest BCUT2D eigenvalue weighted by atomic mass is 10.1. The molecule has 0 bridgehead atoms. The van der Waals surface area contributed by atoms with Crippen LogP contribution in [0.2, 0.25) is 0 Å². The molecule has 118 valence electrons. The fourth-order valence-corrected chi connectivity index (χ4v) is 1.89. The third-order valence-electron chi connectivity index (χ3n) is 2.78. The number of hydrogen-bond acceptors (Lipinski definition) is 6. The molecule has 0 aliphatic carbocycles. The van der Waals surface area contributed by atoms with E-state index in [0.29, 0.717) is 43.4 Å². The zero-order chi connectivity index (χ0) is 15.7. The molecule has 0 unspecified atom stereocenters. The van der Waals surface area contributed by atoms with Gasteiger partial charge in [0.2, 0.25) is 0 Å². The Morgan fingerprint density at radius 2 is 2.05 bits per heavy atom. The number of aryl methyl sites for hydroxylation is 2. The van der Waals surface area contributed by atoms with Gasteiger partial charge >= 0.3 is 0 Å². The van der Waals surface area contributed by atoms with Crippen molar-refractivity contribution in [1.82, 2.24) is 4.98 Å². The molecule has 0 saturated heterocycles. The number of hydrogen-bond donors (Lipinski definition) is 2.